The third-order valence-corrected chi connectivity index (χ3v) is 6.74. The van der Waals surface area contributed by atoms with Crippen molar-refractivity contribution in [3.8, 4) is 0 Å². The molecule has 1 saturated heterocycles. The van der Waals surface area contributed by atoms with Crippen molar-refractivity contribution in [2.24, 2.45) is 11.3 Å². The number of carbonyl (C=O) groups is 2. The molecule has 1 saturated carbocycles. The Morgan fingerprint density at radius 2 is 2.00 bits per heavy atom. The molecule has 9 heteroatoms. The maximum absolute atomic E-state index is 13.2. The molecule has 9 nitrogen and oxygen atoms in total. The molecule has 4 rings (SSSR count). The maximum atomic E-state index is 13.2. The highest BCUT2D eigenvalue weighted by Crippen LogP contribution is 2.52. The van der Waals surface area contributed by atoms with Crippen LogP contribution >= 0.6 is 0 Å². The molecule has 0 radical (unpaired) electrons. The number of hydroxylamine groups is 1. The van der Waals surface area contributed by atoms with Crippen LogP contribution in [0.3, 0.4) is 0 Å². The van der Waals surface area contributed by atoms with E-state index in [1.54, 1.807) is 22.5 Å². The first kappa shape index (κ1) is 20.5. The summed E-state index contributed by atoms with van der Waals surface area (Å²) in [6, 6.07) is 5.83. The Kier molecular flexibility index (Phi) is 5.33. The van der Waals surface area contributed by atoms with E-state index in [0.29, 0.717) is 25.9 Å². The van der Waals surface area contributed by atoms with Gasteiger partial charge in [0.05, 0.1) is 16.9 Å². The number of nitro groups is 1. The first-order valence-corrected chi connectivity index (χ1v) is 10.2. The molecule has 30 heavy (non-hydrogen) atoms. The number of hydrogen-bond donors (Lipinski definition) is 3. The zero-order chi connectivity index (χ0) is 21.5. The number of carbonyl (C=O) groups excluding carboxylic acids is 2. The molecule has 1 aromatic carbocycles. The number of amides is 2. The van der Waals surface area contributed by atoms with Crippen LogP contribution in [0.5, 0.6) is 0 Å². The van der Waals surface area contributed by atoms with Gasteiger partial charge in [0.15, 0.2) is 0 Å². The van der Waals surface area contributed by atoms with Gasteiger partial charge in [-0.15, -0.1) is 0 Å². The van der Waals surface area contributed by atoms with Gasteiger partial charge in [0.1, 0.15) is 0 Å². The van der Waals surface area contributed by atoms with Gasteiger partial charge in [-0.3, -0.25) is 24.9 Å². The number of non-ortho nitro benzene ring substituents is 1. The second-order valence-corrected chi connectivity index (χ2v) is 8.72. The Morgan fingerprint density at radius 3 is 2.57 bits per heavy atom. The molecular weight excluding hydrogens is 388 g/mol. The van der Waals surface area contributed by atoms with Crippen molar-refractivity contribution >= 4 is 23.1 Å². The number of nitro benzene ring substituents is 1. The van der Waals surface area contributed by atoms with Crippen molar-refractivity contribution in [2.45, 2.75) is 38.6 Å². The largest absolute Gasteiger partial charge is 0.337 e. The lowest BCUT2D eigenvalue weighted by Gasteiger charge is -2.39. The predicted octanol–water partition coefficient (Wildman–Crippen LogP) is 1.86. The molecule has 1 spiro atoms. The molecule has 160 valence electrons. The van der Waals surface area contributed by atoms with Crippen molar-refractivity contribution in [1.29, 1.82) is 0 Å². The summed E-state index contributed by atoms with van der Waals surface area (Å²) in [7, 11) is 0. The fourth-order valence-electron chi connectivity index (χ4n) is 4.75. The quantitative estimate of drug-likeness (QED) is 0.392. The van der Waals surface area contributed by atoms with Crippen molar-refractivity contribution < 1.29 is 19.7 Å². The summed E-state index contributed by atoms with van der Waals surface area (Å²) in [4.78, 5) is 37.6. The highest BCUT2D eigenvalue weighted by molar-refractivity contribution is 5.91. The van der Waals surface area contributed by atoms with E-state index in [9.17, 15) is 19.7 Å². The van der Waals surface area contributed by atoms with E-state index in [1.807, 2.05) is 6.92 Å². The topological polar surface area (TPSA) is 125 Å². The first-order valence-electron chi connectivity index (χ1n) is 10.2. The van der Waals surface area contributed by atoms with Crippen LogP contribution in [0, 0.1) is 21.4 Å². The van der Waals surface area contributed by atoms with Crippen LogP contribution in [0.4, 0.5) is 5.69 Å². The van der Waals surface area contributed by atoms with Crippen LogP contribution in [0.2, 0.25) is 0 Å². The smallest absolute Gasteiger partial charge is 0.269 e. The van der Waals surface area contributed by atoms with Gasteiger partial charge in [-0.25, -0.2) is 5.48 Å². The Balaban J connectivity index is 1.48. The van der Waals surface area contributed by atoms with Gasteiger partial charge in [0.25, 0.3) is 5.69 Å². The molecular formula is C21H26N4O5. The molecule has 0 aromatic heterocycles. The summed E-state index contributed by atoms with van der Waals surface area (Å²) in [5, 5.41) is 23.3. The van der Waals surface area contributed by atoms with E-state index < -0.39 is 22.8 Å². The predicted molar refractivity (Wildman–Crippen MR) is 108 cm³/mol. The summed E-state index contributed by atoms with van der Waals surface area (Å²) in [6.45, 7) is 3.64. The molecule has 2 atom stereocenters. The third-order valence-electron chi connectivity index (χ3n) is 6.74. The van der Waals surface area contributed by atoms with Gasteiger partial charge < -0.3 is 10.2 Å². The van der Waals surface area contributed by atoms with Crippen LogP contribution in [0.15, 0.2) is 29.8 Å². The SMILES string of the molecule is CC1=C(c2ccc([N+](=O)[O-])cc2)CCN(C(=O)C2NCC3(CC3)CC2C(=O)NO)C1. The van der Waals surface area contributed by atoms with Gasteiger partial charge in [-0.05, 0) is 61.3 Å². The molecule has 2 amide bonds. The lowest BCUT2D eigenvalue weighted by molar-refractivity contribution is -0.384. The normalized spacial score (nSPS) is 25.2. The van der Waals surface area contributed by atoms with Crippen molar-refractivity contribution in [2.75, 3.05) is 19.6 Å². The molecule has 2 unspecified atom stereocenters. The standard InChI is InChI=1S/C21H26N4O5/c1-13-11-24(9-6-16(13)14-2-4-15(5-3-14)25(29)30)20(27)18-17(19(26)23-28)10-21(7-8-21)12-22-18/h2-5,17-18,22,28H,6-12H2,1H3,(H,23,26). The fraction of sp³-hybridized carbons (Fsp3) is 0.524. The van der Waals surface area contributed by atoms with Crippen LogP contribution in [-0.2, 0) is 9.59 Å². The van der Waals surface area contributed by atoms with E-state index in [-0.39, 0.29) is 17.0 Å². The number of nitrogens with zero attached hydrogens (tertiary/aromatic N) is 2. The Labute approximate surface area is 174 Å². The Hall–Kier alpha value is -2.78. The molecule has 1 aromatic rings. The number of rotatable bonds is 4. The van der Waals surface area contributed by atoms with Crippen molar-refractivity contribution in [3.63, 3.8) is 0 Å². The molecule has 0 bridgehead atoms. The minimum atomic E-state index is -0.642. The monoisotopic (exact) mass is 414 g/mol. The first-order chi connectivity index (χ1) is 14.3. The third kappa shape index (κ3) is 3.82. The van der Waals surface area contributed by atoms with Crippen molar-refractivity contribution in [1.82, 2.24) is 15.7 Å². The van der Waals surface area contributed by atoms with Crippen LogP contribution in [0.25, 0.3) is 5.57 Å². The van der Waals surface area contributed by atoms with Gasteiger partial charge in [-0.1, -0.05) is 5.57 Å². The summed E-state index contributed by atoms with van der Waals surface area (Å²) in [5.41, 5.74) is 4.92. The van der Waals surface area contributed by atoms with E-state index in [4.69, 9.17) is 5.21 Å². The van der Waals surface area contributed by atoms with E-state index in [1.165, 1.54) is 12.1 Å². The minimum Gasteiger partial charge on any atom is -0.337 e. The maximum Gasteiger partial charge on any atom is 0.269 e. The summed E-state index contributed by atoms with van der Waals surface area (Å²) >= 11 is 0. The zero-order valence-corrected chi connectivity index (χ0v) is 16.9. The van der Waals surface area contributed by atoms with E-state index in [0.717, 1.165) is 36.1 Å². The number of benzene rings is 1. The summed E-state index contributed by atoms with van der Waals surface area (Å²) in [6.07, 6.45) is 3.34. The lowest BCUT2D eigenvalue weighted by Crippen LogP contribution is -2.59. The molecule has 2 aliphatic heterocycles. The average molecular weight is 414 g/mol. The summed E-state index contributed by atoms with van der Waals surface area (Å²) < 4.78 is 0. The number of hydrogen-bond acceptors (Lipinski definition) is 6. The van der Waals surface area contributed by atoms with Crippen LogP contribution in [0.1, 0.15) is 38.2 Å². The van der Waals surface area contributed by atoms with E-state index >= 15 is 0 Å². The van der Waals surface area contributed by atoms with Gasteiger partial charge in [-0.2, -0.15) is 0 Å². The fourth-order valence-corrected chi connectivity index (χ4v) is 4.75. The second-order valence-electron chi connectivity index (χ2n) is 8.72. The molecule has 2 fully saturated rings. The number of piperidine rings is 1. The summed E-state index contributed by atoms with van der Waals surface area (Å²) in [5.74, 6) is -1.22. The molecule has 1 aliphatic carbocycles. The molecule has 3 N–H and O–H groups in total. The Morgan fingerprint density at radius 1 is 1.30 bits per heavy atom. The second kappa shape index (κ2) is 7.81. The van der Waals surface area contributed by atoms with Crippen LogP contribution in [-0.4, -0.2) is 52.5 Å². The molecule has 2 heterocycles. The zero-order valence-electron chi connectivity index (χ0n) is 16.9. The van der Waals surface area contributed by atoms with Crippen molar-refractivity contribution in [3.05, 3.63) is 45.5 Å². The average Bonchev–Trinajstić information content (AvgIpc) is 3.51. The van der Waals surface area contributed by atoms with Gasteiger partial charge >= 0.3 is 0 Å². The lowest BCUT2D eigenvalue weighted by atomic mass is 9.81. The molecule has 3 aliphatic rings. The number of nitrogens with one attached hydrogen (secondary N) is 2. The van der Waals surface area contributed by atoms with E-state index in [2.05, 4.69) is 5.32 Å². The van der Waals surface area contributed by atoms with Crippen LogP contribution < -0.4 is 10.8 Å². The Bertz CT molecular complexity index is 906. The van der Waals surface area contributed by atoms with Gasteiger partial charge in [0, 0.05) is 31.8 Å². The highest BCUT2D eigenvalue weighted by atomic mass is 16.6. The van der Waals surface area contributed by atoms with Gasteiger partial charge in [0.2, 0.25) is 11.8 Å². The highest BCUT2D eigenvalue weighted by Gasteiger charge is 2.52. The minimum absolute atomic E-state index is 0.0506.